The fourth-order valence-corrected chi connectivity index (χ4v) is 23.3. The Morgan fingerprint density at radius 1 is 0.390 bits per heavy atom. The van der Waals surface area contributed by atoms with Gasteiger partial charge in [-0.1, -0.05) is 50.1 Å². The number of aliphatic hydroxyl groups excluding tert-OH is 1. The molecule has 0 spiro atoms. The molecule has 9 aromatic rings. The minimum absolute atomic E-state index is 0.00871. The highest BCUT2D eigenvalue weighted by Crippen LogP contribution is 2.62. The van der Waals surface area contributed by atoms with E-state index in [1.165, 1.54) is 103 Å². The lowest BCUT2D eigenvalue weighted by atomic mass is 10.1. The van der Waals surface area contributed by atoms with E-state index in [0.717, 1.165) is 32.6 Å². The maximum Gasteiger partial charge on any atom is 0.472 e. The van der Waals surface area contributed by atoms with Crippen LogP contribution in [0.3, 0.4) is 0 Å². The fourth-order valence-electron chi connectivity index (χ4n) is 16.9. The van der Waals surface area contributed by atoms with Gasteiger partial charge in [0, 0.05) is 77.3 Å². The molecule has 69 heteroatoms. The zero-order valence-corrected chi connectivity index (χ0v) is 86.4. The number of hydrogen-bond acceptors (Lipinski definition) is 51. The molecule has 9 aromatic heterocycles. The molecule has 11 unspecified atom stereocenters. The van der Waals surface area contributed by atoms with Crippen LogP contribution in [-0.2, 0) is 144 Å². The van der Waals surface area contributed by atoms with Crippen LogP contribution in [0.15, 0.2) is 80.5 Å². The third-order valence-electron chi connectivity index (χ3n) is 23.8. The molecule has 806 valence electrons. The zero-order valence-electron chi connectivity index (χ0n) is 79.3. The lowest BCUT2D eigenvalue weighted by Crippen LogP contribution is -2.41. The quantitative estimate of drug-likeness (QED) is 0.0146. The number of nitrogens with two attached hydrogens (primary N) is 4. The Hall–Kier alpha value is -7.87. The predicted octanol–water partition coefficient (Wildman–Crippen LogP) is 1.53. The number of aromatic nitrogens is 18. The number of hydrogen-bond donors (Lipinski definition) is 12. The number of imidazole rings is 3. The minimum atomic E-state index is -5.92. The first-order chi connectivity index (χ1) is 69.7. The van der Waals surface area contributed by atoms with E-state index in [-0.39, 0.29) is 128 Å². The van der Waals surface area contributed by atoms with Gasteiger partial charge in [-0.05, 0) is 27.2 Å². The average Bonchev–Trinajstić information content (AvgIpc) is 1.61. The molecular formula is C77H111N22O39P5S3. The number of aromatic amines is 2. The van der Waals surface area contributed by atoms with Crippen molar-refractivity contribution in [2.75, 3.05) is 158 Å². The Morgan fingerprint density at radius 3 is 1.12 bits per heavy atom. The molecule has 146 heavy (non-hydrogen) atoms. The summed E-state index contributed by atoms with van der Waals surface area (Å²) in [6.07, 6.45) is -24.7. The van der Waals surface area contributed by atoms with Crippen LogP contribution < -0.4 is 51.1 Å². The number of aryl methyl sites for hydroxylation is 3. The second-order valence-corrected chi connectivity index (χ2v) is 45.0. The molecule has 28 atom stereocenters. The summed E-state index contributed by atoms with van der Waals surface area (Å²) in [5.41, 5.74) is 21.2. The van der Waals surface area contributed by atoms with Crippen molar-refractivity contribution in [1.29, 1.82) is 0 Å². The highest BCUT2D eigenvalue weighted by Gasteiger charge is 2.59. The molecule has 15 heterocycles. The van der Waals surface area contributed by atoms with Crippen molar-refractivity contribution in [3.8, 4) is 0 Å². The number of anilines is 4. The highest BCUT2D eigenvalue weighted by molar-refractivity contribution is 8.45. The molecule has 6 fully saturated rings. The largest absolute Gasteiger partial charge is 0.472 e. The maximum atomic E-state index is 15.7. The third kappa shape index (κ3) is 26.2. The second-order valence-electron chi connectivity index (χ2n) is 33.6. The van der Waals surface area contributed by atoms with Crippen LogP contribution in [-0.4, -0.2) is 341 Å². The van der Waals surface area contributed by atoms with Crippen LogP contribution in [0.25, 0.3) is 33.5 Å². The minimum Gasteiger partial charge on any atom is -0.387 e. The molecule has 0 bridgehead atoms. The van der Waals surface area contributed by atoms with Gasteiger partial charge in [-0.15, -0.1) is 0 Å². The molecule has 15 rings (SSSR count). The summed E-state index contributed by atoms with van der Waals surface area (Å²) >= 11 is 13.2. The highest BCUT2D eigenvalue weighted by atomic mass is 32.7. The number of nitrogens with zero attached hydrogens (tertiary/aromatic N) is 16. The predicted molar refractivity (Wildman–Crippen MR) is 510 cm³/mol. The first kappa shape index (κ1) is 112. The van der Waals surface area contributed by atoms with E-state index in [4.69, 9.17) is 144 Å². The number of H-pyrrole nitrogens is 2. The fraction of sp³-hybridized carbons (Fsp3) is 0.649. The SMILES string of the molecule is CCC[C@H]1O[C@@H](n2cnc3c(N)ncnc32)CC1OP(=O)(S)OC[C@H]1O[C@@H](n2cnc3c(N)ncnc32)[C@@H](OCCOC)C1OP(=O)(O)OC[C@H]1O[C@@H](n2cc(C)c(N)nc2=O)[C@@H](OCCOC)C1OP(=O)(O)OC[C@H]1O[C@@H](n2cnc3c(N)ncnc32)[C@@H](OCCOC)C1OP(=O)(S)OC[C@H]1O[C@@H](n2cc(C)c(=O)[nH]c2=O)[C@@H](OCCOC)C1OP(=O)(S)OC[C@H]1O[C@@H](n2cc(C)c(=O)[nH]c2=O)[C@@H](OCCOC)C1O. The van der Waals surface area contributed by atoms with E-state index >= 15 is 18.3 Å². The maximum absolute atomic E-state index is 15.7. The number of methoxy groups -OCH3 is 5. The molecule has 6 aliphatic rings. The molecule has 0 amide bonds. The van der Waals surface area contributed by atoms with Gasteiger partial charge in [0.2, 0.25) is 0 Å². The zero-order chi connectivity index (χ0) is 105. The normalized spacial score (nSPS) is 29.1. The van der Waals surface area contributed by atoms with Crippen LogP contribution >= 0.6 is 72.8 Å². The van der Waals surface area contributed by atoms with E-state index in [1.807, 2.05) is 6.92 Å². The third-order valence-corrected chi connectivity index (χ3v) is 30.6. The molecule has 0 saturated carbocycles. The van der Waals surface area contributed by atoms with Gasteiger partial charge in [-0.25, -0.2) is 82.1 Å². The Labute approximate surface area is 842 Å². The van der Waals surface area contributed by atoms with E-state index in [0.29, 0.717) is 24.0 Å². The Balaban J connectivity index is 0.719. The van der Waals surface area contributed by atoms with E-state index in [2.05, 4.69) is 96.6 Å². The smallest absolute Gasteiger partial charge is 0.387 e. The molecule has 6 saturated heterocycles. The van der Waals surface area contributed by atoms with Crippen molar-refractivity contribution >= 4 is 130 Å². The van der Waals surface area contributed by atoms with Gasteiger partial charge in [0.1, 0.15) is 139 Å². The number of phosphoric acid groups is 2. The van der Waals surface area contributed by atoms with Crippen LogP contribution in [0.2, 0.25) is 0 Å². The molecule has 61 nitrogen and oxygen atoms in total. The molecule has 0 aliphatic carbocycles. The number of ether oxygens (including phenoxy) is 16. The number of phosphoric ester groups is 2. The first-order valence-corrected chi connectivity index (χ1v) is 56.0. The standard InChI is InChI=1S/C77H111N22O39P5S3/c1-10-11-40-41(22-47(128-40)97-34-88-48-62(79)82-31-85-65(48)97)134-141(110,144)126-29-45-53(58(120-19-14-115-7)73(133-45)98-35-89-49-63(80)83-32-86-66(49)98)136-139(106,107)123-27-43-52(57(119-18-13-114-6)71(130-43)94-23-37(2)61(78)91-75(94)103)135-140(108,109)124-28-44-54(60(122-21-16-117-9)74(132-44)99-36-90-50-64(81)84-33-87-67(50)99)137-143(112,146)127-30-46-55(59(121-20-15-116-8)72(131-46)96-25-39(4)69(102)93-77(96)105)138-142(111,145)125-26-42-51(100)56(118-17-12-113-5)70(129-42)95-24-38(3)68(101)92-76(95)104/h23-25,31-36,40-47,51-60,70-74,100H,10-22,26-30H2,1-9H3,(H,106,107)(H,108,109)(H,110,144)(H,111,145)(H,112,146)(H2,78,91,103)(H2,79,82,85)(H2,80,83,86)(H2,81,84,87)(H,92,101,104)(H,93,102,105)/t40-,41?,42-,43-,44-,45-,46-,47-,51?,52?,53?,54?,55?,56+,57+,58+,59+,60+,70-,71-,72-,73-,74-,141?,142?,143?/m1/s1. The van der Waals surface area contributed by atoms with Crippen molar-refractivity contribution < 1.29 is 159 Å². The summed E-state index contributed by atoms with van der Waals surface area (Å²) in [6.45, 7) is -15.8. The van der Waals surface area contributed by atoms with Gasteiger partial charge >= 0.3 is 53.1 Å². The van der Waals surface area contributed by atoms with Gasteiger partial charge in [-0.3, -0.25) is 92.2 Å². The summed E-state index contributed by atoms with van der Waals surface area (Å²) in [4.78, 5) is 138. The van der Waals surface area contributed by atoms with Crippen LogP contribution in [0.1, 0.15) is 80.2 Å². The van der Waals surface area contributed by atoms with E-state index in [9.17, 15) is 43.4 Å². The van der Waals surface area contributed by atoms with Crippen LogP contribution in [0.5, 0.6) is 0 Å². The number of nitrogens with one attached hydrogen (secondary N) is 2. The summed E-state index contributed by atoms with van der Waals surface area (Å²) in [7, 11) is -4.98. The molecule has 13 N–H and O–H groups in total. The lowest BCUT2D eigenvalue weighted by molar-refractivity contribution is -0.0843. The topological polar surface area (TPSA) is 766 Å². The van der Waals surface area contributed by atoms with Crippen molar-refractivity contribution in [1.82, 2.24) is 87.2 Å². The number of rotatable bonds is 53. The number of nitrogen functional groups attached to an aromatic ring is 4. The van der Waals surface area contributed by atoms with Crippen LogP contribution in [0.4, 0.5) is 23.3 Å². The van der Waals surface area contributed by atoms with Crippen molar-refractivity contribution in [2.24, 2.45) is 0 Å². The Morgan fingerprint density at radius 2 is 0.719 bits per heavy atom. The Bertz CT molecular complexity index is 6600. The van der Waals surface area contributed by atoms with Gasteiger partial charge in [0.15, 0.2) is 65.5 Å². The number of fused-ring (bicyclic) bond motifs is 3. The number of aliphatic hydroxyl groups is 1. The summed E-state index contributed by atoms with van der Waals surface area (Å²) in [5, 5.41) is 11.8. The molecule has 6 aliphatic heterocycles. The van der Waals surface area contributed by atoms with Gasteiger partial charge in [0.25, 0.3) is 11.1 Å². The van der Waals surface area contributed by atoms with Gasteiger partial charge in [0.05, 0.1) is 130 Å². The molecular weight excluding hydrogens is 2110 g/mol. The monoisotopic (exact) mass is 2220 g/mol. The first-order valence-electron chi connectivity index (χ1n) is 44.9. The van der Waals surface area contributed by atoms with E-state index < -0.39 is 245 Å². The lowest BCUT2D eigenvalue weighted by Gasteiger charge is -2.29. The van der Waals surface area contributed by atoms with Gasteiger partial charge < -0.3 is 114 Å². The van der Waals surface area contributed by atoms with Crippen molar-refractivity contribution in [2.45, 2.75) is 188 Å². The average molecular weight is 2220 g/mol. The summed E-state index contributed by atoms with van der Waals surface area (Å²) < 4.78 is 241. The molecule has 0 aromatic carbocycles. The summed E-state index contributed by atoms with van der Waals surface area (Å²) in [6, 6.07) is 0. The van der Waals surface area contributed by atoms with Crippen molar-refractivity contribution in [3.05, 3.63) is 125 Å². The van der Waals surface area contributed by atoms with Crippen LogP contribution in [0, 0.1) is 20.8 Å². The summed E-state index contributed by atoms with van der Waals surface area (Å²) in [5.74, 6) is -0.294. The second kappa shape index (κ2) is 48.8. The molecule has 0 radical (unpaired) electrons. The Kier molecular flexibility index (Phi) is 37.5. The van der Waals surface area contributed by atoms with E-state index in [1.54, 1.807) is 4.57 Å². The number of thiol groups is 3. The van der Waals surface area contributed by atoms with Crippen molar-refractivity contribution in [3.63, 3.8) is 0 Å². The van der Waals surface area contributed by atoms with Gasteiger partial charge in [-0.2, -0.15) is 4.98 Å².